The zero-order valence-electron chi connectivity index (χ0n) is 15.1. The van der Waals surface area contributed by atoms with Gasteiger partial charge < -0.3 is 9.47 Å². The molecule has 0 amide bonds. The van der Waals surface area contributed by atoms with Gasteiger partial charge in [0, 0.05) is 18.4 Å². The molecule has 0 aromatic carbocycles. The van der Waals surface area contributed by atoms with Gasteiger partial charge in [0.25, 0.3) is 0 Å². The molecule has 0 spiro atoms. The third kappa shape index (κ3) is 3.45. The van der Waals surface area contributed by atoms with E-state index in [1.165, 1.54) is 6.92 Å². The maximum absolute atomic E-state index is 12.6. The van der Waals surface area contributed by atoms with Gasteiger partial charge >= 0.3 is 11.9 Å². The van der Waals surface area contributed by atoms with Crippen LogP contribution in [0.4, 0.5) is 0 Å². The van der Waals surface area contributed by atoms with Crippen LogP contribution in [0.2, 0.25) is 0 Å². The smallest absolute Gasteiger partial charge is 0.307 e. The molecule has 1 aliphatic carbocycles. The molecule has 0 aromatic rings. The highest BCUT2D eigenvalue weighted by molar-refractivity contribution is 5.98. The van der Waals surface area contributed by atoms with Crippen molar-refractivity contribution in [3.05, 3.63) is 23.0 Å². The van der Waals surface area contributed by atoms with E-state index in [1.807, 2.05) is 33.8 Å². The summed E-state index contributed by atoms with van der Waals surface area (Å²) in [4.78, 5) is 36.4. The van der Waals surface area contributed by atoms with Crippen molar-refractivity contribution in [1.82, 2.24) is 0 Å². The molecule has 5 heteroatoms. The van der Waals surface area contributed by atoms with Gasteiger partial charge in [-0.25, -0.2) is 0 Å². The highest BCUT2D eigenvalue weighted by Gasteiger charge is 2.56. The maximum atomic E-state index is 12.6. The molecule has 0 aromatic heterocycles. The largest absolute Gasteiger partial charge is 0.461 e. The van der Waals surface area contributed by atoms with Crippen molar-refractivity contribution in [2.24, 2.45) is 11.3 Å². The number of esters is 2. The Morgan fingerprint density at radius 2 is 2.00 bits per heavy atom. The minimum Gasteiger partial charge on any atom is -0.461 e. The number of fused-ring (bicyclic) bond motifs is 1. The Labute approximate surface area is 143 Å². The lowest BCUT2D eigenvalue weighted by Gasteiger charge is -2.38. The van der Waals surface area contributed by atoms with Gasteiger partial charge in [-0.1, -0.05) is 25.5 Å². The van der Waals surface area contributed by atoms with Crippen LogP contribution in [0.3, 0.4) is 0 Å². The van der Waals surface area contributed by atoms with E-state index in [4.69, 9.17) is 9.47 Å². The molecular formula is C19H26O5. The summed E-state index contributed by atoms with van der Waals surface area (Å²) in [6, 6.07) is 0. The molecule has 2 atom stereocenters. The Morgan fingerprint density at radius 1 is 1.33 bits per heavy atom. The van der Waals surface area contributed by atoms with Gasteiger partial charge in [-0.15, -0.1) is 0 Å². The SMILES string of the molecule is CC(=O)OC1=C(C(=O)C(C)C)CC[C@@H]2OC(=O)C[C@@]12CC=C(C)C. The first kappa shape index (κ1) is 18.4. The fourth-order valence-corrected chi connectivity index (χ4v) is 3.51. The second kappa shape index (κ2) is 6.91. The number of carbonyl (C=O) groups excluding carboxylic acids is 3. The molecule has 24 heavy (non-hydrogen) atoms. The van der Waals surface area contributed by atoms with Crippen LogP contribution in [0.15, 0.2) is 23.0 Å². The van der Waals surface area contributed by atoms with Crippen molar-refractivity contribution in [2.45, 2.75) is 66.4 Å². The minimum atomic E-state index is -0.752. The number of carbonyl (C=O) groups is 3. The summed E-state index contributed by atoms with van der Waals surface area (Å²) < 4.78 is 11.0. The summed E-state index contributed by atoms with van der Waals surface area (Å²) >= 11 is 0. The van der Waals surface area contributed by atoms with E-state index in [2.05, 4.69) is 0 Å². The lowest BCUT2D eigenvalue weighted by atomic mass is 9.68. The predicted molar refractivity (Wildman–Crippen MR) is 88.8 cm³/mol. The van der Waals surface area contributed by atoms with Gasteiger partial charge in [0.2, 0.25) is 0 Å². The number of ketones is 1. The Kier molecular flexibility index (Phi) is 5.31. The molecular weight excluding hydrogens is 308 g/mol. The molecule has 0 bridgehead atoms. The molecule has 132 valence electrons. The van der Waals surface area contributed by atoms with Crippen LogP contribution in [-0.4, -0.2) is 23.8 Å². The summed E-state index contributed by atoms with van der Waals surface area (Å²) in [6.07, 6.45) is 3.37. The van der Waals surface area contributed by atoms with E-state index >= 15 is 0 Å². The molecule has 1 aliphatic heterocycles. The quantitative estimate of drug-likeness (QED) is 0.569. The summed E-state index contributed by atoms with van der Waals surface area (Å²) in [5, 5.41) is 0. The average molecular weight is 334 g/mol. The molecule has 1 fully saturated rings. The van der Waals surface area contributed by atoms with Crippen LogP contribution < -0.4 is 0 Å². The molecule has 0 N–H and O–H groups in total. The van der Waals surface area contributed by atoms with E-state index in [0.29, 0.717) is 30.6 Å². The summed E-state index contributed by atoms with van der Waals surface area (Å²) in [5.74, 6) is -0.643. The highest BCUT2D eigenvalue weighted by atomic mass is 16.6. The normalized spacial score (nSPS) is 26.1. The number of ether oxygens (including phenoxy) is 2. The van der Waals surface area contributed by atoms with Crippen molar-refractivity contribution in [1.29, 1.82) is 0 Å². The summed E-state index contributed by atoms with van der Waals surface area (Å²) in [5.41, 5.74) is 0.891. The molecule has 2 aliphatic rings. The van der Waals surface area contributed by atoms with Gasteiger partial charge in [0.05, 0.1) is 11.8 Å². The topological polar surface area (TPSA) is 69.7 Å². The van der Waals surface area contributed by atoms with Crippen molar-refractivity contribution in [3.8, 4) is 0 Å². The lowest BCUT2D eigenvalue weighted by molar-refractivity contribution is -0.142. The van der Waals surface area contributed by atoms with E-state index in [0.717, 1.165) is 5.57 Å². The van der Waals surface area contributed by atoms with Crippen molar-refractivity contribution in [2.75, 3.05) is 0 Å². The first-order valence-corrected chi connectivity index (χ1v) is 8.46. The Bertz CT molecular complexity index is 622. The van der Waals surface area contributed by atoms with Crippen molar-refractivity contribution < 1.29 is 23.9 Å². The fourth-order valence-electron chi connectivity index (χ4n) is 3.51. The van der Waals surface area contributed by atoms with Crippen LogP contribution in [0, 0.1) is 11.3 Å². The van der Waals surface area contributed by atoms with Crippen LogP contribution in [0.1, 0.15) is 60.3 Å². The second-order valence-electron chi connectivity index (χ2n) is 7.26. The van der Waals surface area contributed by atoms with Crippen molar-refractivity contribution in [3.63, 3.8) is 0 Å². The van der Waals surface area contributed by atoms with Gasteiger partial charge in [-0.05, 0) is 33.1 Å². The molecule has 0 radical (unpaired) electrons. The van der Waals surface area contributed by atoms with Crippen LogP contribution in [0.25, 0.3) is 0 Å². The molecule has 2 rings (SSSR count). The van der Waals surface area contributed by atoms with Gasteiger partial charge in [0.15, 0.2) is 5.78 Å². The number of hydrogen-bond donors (Lipinski definition) is 0. The zero-order chi connectivity index (χ0) is 18.1. The number of rotatable bonds is 5. The second-order valence-corrected chi connectivity index (χ2v) is 7.26. The first-order chi connectivity index (χ1) is 11.2. The van der Waals surface area contributed by atoms with E-state index in [1.54, 1.807) is 0 Å². The molecule has 1 saturated heterocycles. The third-order valence-corrected chi connectivity index (χ3v) is 4.67. The molecule has 1 heterocycles. The average Bonchev–Trinajstić information content (AvgIpc) is 2.81. The van der Waals surface area contributed by atoms with E-state index in [9.17, 15) is 14.4 Å². The summed E-state index contributed by atoms with van der Waals surface area (Å²) in [7, 11) is 0. The maximum Gasteiger partial charge on any atom is 0.307 e. The van der Waals surface area contributed by atoms with Crippen LogP contribution in [-0.2, 0) is 23.9 Å². The lowest BCUT2D eigenvalue weighted by Crippen LogP contribution is -2.40. The van der Waals surface area contributed by atoms with Crippen molar-refractivity contribution >= 4 is 17.7 Å². The van der Waals surface area contributed by atoms with E-state index in [-0.39, 0.29) is 30.2 Å². The Morgan fingerprint density at radius 3 is 2.54 bits per heavy atom. The number of hydrogen-bond acceptors (Lipinski definition) is 5. The Hall–Kier alpha value is -1.91. The van der Waals surface area contributed by atoms with Crippen LogP contribution >= 0.6 is 0 Å². The molecule has 0 saturated carbocycles. The zero-order valence-corrected chi connectivity index (χ0v) is 15.1. The first-order valence-electron chi connectivity index (χ1n) is 8.46. The monoisotopic (exact) mass is 334 g/mol. The van der Waals surface area contributed by atoms with Gasteiger partial charge in [0.1, 0.15) is 11.9 Å². The fraction of sp³-hybridized carbons (Fsp3) is 0.632. The summed E-state index contributed by atoms with van der Waals surface area (Å²) in [6.45, 7) is 8.92. The predicted octanol–water partition coefficient (Wildman–Crippen LogP) is 3.48. The third-order valence-electron chi connectivity index (χ3n) is 4.67. The molecule has 0 unspecified atom stereocenters. The molecule has 5 nitrogen and oxygen atoms in total. The number of Topliss-reactive ketones (excluding diaryl/α,β-unsaturated/α-hetero) is 1. The standard InChI is InChI=1S/C19H26O5/c1-11(2)8-9-19-10-16(21)24-15(19)7-6-14(17(22)12(3)4)18(19)23-13(5)20/h8,12,15H,6-7,9-10H2,1-5H3/t15-,19+/m0/s1. The highest BCUT2D eigenvalue weighted by Crippen LogP contribution is 2.53. The minimum absolute atomic E-state index is 0.0272. The van der Waals surface area contributed by atoms with Gasteiger partial charge in [-0.3, -0.25) is 14.4 Å². The van der Waals surface area contributed by atoms with Gasteiger partial charge in [-0.2, -0.15) is 0 Å². The van der Waals surface area contributed by atoms with E-state index < -0.39 is 11.4 Å². The number of allylic oxidation sites excluding steroid dienone is 3. The van der Waals surface area contributed by atoms with Crippen LogP contribution in [0.5, 0.6) is 0 Å². The Balaban J connectivity index is 2.60.